The fourth-order valence-corrected chi connectivity index (χ4v) is 2.88. The number of rotatable bonds is 6. The molecular weight excluding hydrogens is 394 g/mol. The van der Waals surface area contributed by atoms with Crippen molar-refractivity contribution < 1.29 is 23.2 Å². The average Bonchev–Trinajstić information content (AvgIpc) is 2.72. The number of carbonyl (C=O) groups is 3. The van der Waals surface area contributed by atoms with E-state index < -0.39 is 17.6 Å². The van der Waals surface area contributed by atoms with E-state index in [2.05, 4.69) is 10.4 Å². The molecule has 0 fully saturated rings. The van der Waals surface area contributed by atoms with Crippen molar-refractivity contribution in [1.82, 2.24) is 9.91 Å². The zero-order valence-corrected chi connectivity index (χ0v) is 16.3. The van der Waals surface area contributed by atoms with Gasteiger partial charge in [-0.25, -0.2) is 13.8 Å². The molecule has 1 aliphatic rings. The van der Waals surface area contributed by atoms with Crippen LogP contribution in [0, 0.1) is 11.6 Å². The second kappa shape index (κ2) is 9.25. The van der Waals surface area contributed by atoms with Gasteiger partial charge in [-0.1, -0.05) is 12.1 Å². The normalized spacial score (nSPS) is 13.6. The van der Waals surface area contributed by atoms with Gasteiger partial charge in [0.15, 0.2) is 0 Å². The first-order chi connectivity index (χ1) is 14.3. The molecule has 0 unspecified atom stereocenters. The monoisotopic (exact) mass is 414 g/mol. The van der Waals surface area contributed by atoms with Crippen LogP contribution in [-0.2, 0) is 20.9 Å². The molecule has 0 aromatic heterocycles. The summed E-state index contributed by atoms with van der Waals surface area (Å²) in [6.45, 7) is -0.119. The van der Waals surface area contributed by atoms with E-state index >= 15 is 0 Å². The van der Waals surface area contributed by atoms with Crippen molar-refractivity contribution >= 4 is 29.1 Å². The van der Waals surface area contributed by atoms with Gasteiger partial charge in [0.25, 0.3) is 5.91 Å². The van der Waals surface area contributed by atoms with E-state index in [9.17, 15) is 23.2 Å². The molecule has 1 heterocycles. The number of halogens is 2. The molecule has 1 aliphatic heterocycles. The van der Waals surface area contributed by atoms with Crippen LogP contribution in [0.5, 0.6) is 0 Å². The lowest BCUT2D eigenvalue weighted by Crippen LogP contribution is -2.42. The quantitative estimate of drug-likeness (QED) is 0.789. The Bertz CT molecular complexity index is 975. The van der Waals surface area contributed by atoms with Gasteiger partial charge in [-0.15, -0.1) is 0 Å². The van der Waals surface area contributed by atoms with Crippen LogP contribution in [0.25, 0.3) is 0 Å². The largest absolute Gasteiger partial charge is 0.331 e. The first-order valence-corrected chi connectivity index (χ1v) is 9.25. The highest BCUT2D eigenvalue weighted by atomic mass is 19.1. The maximum Gasteiger partial charge on any atom is 0.270 e. The molecule has 3 amide bonds. The first-order valence-electron chi connectivity index (χ1n) is 9.25. The highest BCUT2D eigenvalue weighted by molar-refractivity contribution is 6.39. The number of hydrazone groups is 1. The zero-order chi connectivity index (χ0) is 21.7. The van der Waals surface area contributed by atoms with E-state index in [1.165, 1.54) is 53.4 Å². The molecule has 0 radical (unpaired) electrons. The number of amides is 3. The van der Waals surface area contributed by atoms with E-state index in [-0.39, 0.29) is 43.4 Å². The Morgan fingerprint density at radius 1 is 1.03 bits per heavy atom. The van der Waals surface area contributed by atoms with Crippen LogP contribution in [0.2, 0.25) is 0 Å². The number of hydrogen-bond acceptors (Lipinski definition) is 4. The lowest BCUT2D eigenvalue weighted by Gasteiger charge is -2.25. The van der Waals surface area contributed by atoms with Gasteiger partial charge in [-0.3, -0.25) is 14.4 Å². The molecule has 1 N–H and O–H groups in total. The molecule has 2 aromatic carbocycles. The summed E-state index contributed by atoms with van der Waals surface area (Å²) < 4.78 is 26.0. The number of nitrogens with zero attached hydrogens (tertiary/aromatic N) is 3. The van der Waals surface area contributed by atoms with Crippen LogP contribution < -0.4 is 5.32 Å². The van der Waals surface area contributed by atoms with Crippen molar-refractivity contribution in [3.05, 3.63) is 65.7 Å². The fourth-order valence-electron chi connectivity index (χ4n) is 2.88. The summed E-state index contributed by atoms with van der Waals surface area (Å²) in [5.74, 6) is -1.97. The number of anilines is 1. The smallest absolute Gasteiger partial charge is 0.270 e. The molecule has 0 saturated carbocycles. The third-order valence-electron chi connectivity index (χ3n) is 4.45. The maximum absolute atomic E-state index is 13.1. The van der Waals surface area contributed by atoms with Crippen molar-refractivity contribution in [3.8, 4) is 0 Å². The third-order valence-corrected chi connectivity index (χ3v) is 4.45. The Labute approximate surface area is 172 Å². The van der Waals surface area contributed by atoms with Gasteiger partial charge in [0, 0.05) is 25.6 Å². The van der Waals surface area contributed by atoms with Gasteiger partial charge < -0.3 is 10.2 Å². The van der Waals surface area contributed by atoms with Gasteiger partial charge in [-0.2, -0.15) is 5.10 Å². The number of benzene rings is 2. The predicted octanol–water partition coefficient (Wildman–Crippen LogP) is 2.54. The number of nitrogens with one attached hydrogen (secondary N) is 1. The van der Waals surface area contributed by atoms with Gasteiger partial charge in [0.05, 0.1) is 13.1 Å². The lowest BCUT2D eigenvalue weighted by molar-refractivity contribution is -0.133. The molecule has 30 heavy (non-hydrogen) atoms. The number of likely N-dealkylation sites (N-methyl/N-ethyl adjacent to an activating group) is 1. The van der Waals surface area contributed by atoms with Crippen LogP contribution >= 0.6 is 0 Å². The summed E-state index contributed by atoms with van der Waals surface area (Å²) in [5, 5.41) is 7.90. The summed E-state index contributed by atoms with van der Waals surface area (Å²) in [6.07, 6.45) is 0.281. The van der Waals surface area contributed by atoms with E-state index in [0.717, 1.165) is 0 Å². The summed E-state index contributed by atoms with van der Waals surface area (Å²) in [6, 6.07) is 10.9. The molecule has 0 bridgehead atoms. The Morgan fingerprint density at radius 3 is 2.27 bits per heavy atom. The SMILES string of the molecule is CN(CC(=O)Nc1ccc(F)cc1)C(=O)C1=NN(Cc2ccc(F)cc2)C(=O)CC1. The molecule has 0 saturated heterocycles. The lowest BCUT2D eigenvalue weighted by atomic mass is 10.1. The summed E-state index contributed by atoms with van der Waals surface area (Å²) in [7, 11) is 1.45. The van der Waals surface area contributed by atoms with Crippen LogP contribution in [0.1, 0.15) is 18.4 Å². The van der Waals surface area contributed by atoms with E-state index in [1.54, 1.807) is 12.1 Å². The van der Waals surface area contributed by atoms with E-state index in [1.807, 2.05) is 0 Å². The zero-order valence-electron chi connectivity index (χ0n) is 16.3. The minimum Gasteiger partial charge on any atom is -0.331 e. The average molecular weight is 414 g/mol. The molecular formula is C21H20F2N4O3. The summed E-state index contributed by atoms with van der Waals surface area (Å²) in [4.78, 5) is 38.1. The molecule has 9 heteroatoms. The van der Waals surface area contributed by atoms with Crippen molar-refractivity contribution in [1.29, 1.82) is 0 Å². The van der Waals surface area contributed by atoms with Crippen LogP contribution in [0.3, 0.4) is 0 Å². The molecule has 7 nitrogen and oxygen atoms in total. The highest BCUT2D eigenvalue weighted by Gasteiger charge is 2.27. The number of hydrogen-bond donors (Lipinski definition) is 1. The predicted molar refractivity (Wildman–Crippen MR) is 106 cm³/mol. The van der Waals surface area contributed by atoms with Gasteiger partial charge >= 0.3 is 0 Å². The van der Waals surface area contributed by atoms with Crippen molar-refractivity contribution in [2.75, 3.05) is 18.9 Å². The van der Waals surface area contributed by atoms with Crippen molar-refractivity contribution in [2.24, 2.45) is 5.10 Å². The second-order valence-electron chi connectivity index (χ2n) is 6.84. The minimum atomic E-state index is -0.471. The minimum absolute atomic E-state index is 0.112. The topological polar surface area (TPSA) is 82.1 Å². The van der Waals surface area contributed by atoms with Gasteiger partial charge in [0.1, 0.15) is 17.3 Å². The molecule has 0 aliphatic carbocycles. The standard InChI is InChI=1S/C21H20F2N4O3/c1-26(13-19(28)24-17-8-6-16(23)7-9-17)21(30)18-10-11-20(29)27(25-18)12-14-2-4-15(22)5-3-14/h2-9H,10-13H2,1H3,(H,24,28). The molecule has 156 valence electrons. The highest BCUT2D eigenvalue weighted by Crippen LogP contribution is 2.15. The summed E-state index contributed by atoms with van der Waals surface area (Å²) >= 11 is 0. The Morgan fingerprint density at radius 2 is 1.63 bits per heavy atom. The molecule has 2 aromatic rings. The second-order valence-corrected chi connectivity index (χ2v) is 6.84. The van der Waals surface area contributed by atoms with Gasteiger partial charge in [-0.05, 0) is 42.0 Å². The fraction of sp³-hybridized carbons (Fsp3) is 0.238. The Hall–Kier alpha value is -3.62. The summed E-state index contributed by atoms with van der Waals surface area (Å²) in [5.41, 5.74) is 1.25. The van der Waals surface area contributed by atoms with Gasteiger partial charge in [0.2, 0.25) is 11.8 Å². The van der Waals surface area contributed by atoms with Crippen LogP contribution in [0.15, 0.2) is 53.6 Å². The Kier molecular flexibility index (Phi) is 6.51. The van der Waals surface area contributed by atoms with E-state index in [0.29, 0.717) is 11.3 Å². The third kappa shape index (κ3) is 5.47. The number of carbonyl (C=O) groups excluding carboxylic acids is 3. The van der Waals surface area contributed by atoms with Crippen LogP contribution in [-0.4, -0.2) is 46.9 Å². The molecule has 0 spiro atoms. The van der Waals surface area contributed by atoms with Crippen molar-refractivity contribution in [3.63, 3.8) is 0 Å². The molecule has 0 atom stereocenters. The van der Waals surface area contributed by atoms with E-state index in [4.69, 9.17) is 0 Å². The maximum atomic E-state index is 13.1. The van der Waals surface area contributed by atoms with Crippen molar-refractivity contribution in [2.45, 2.75) is 19.4 Å². The first kappa shape index (κ1) is 21.1. The molecule has 3 rings (SSSR count). The van der Waals surface area contributed by atoms with Crippen LogP contribution in [0.4, 0.5) is 14.5 Å². The Balaban J connectivity index is 1.62.